The number of benzene rings is 3. The Bertz CT molecular complexity index is 1090. The Labute approximate surface area is 151 Å². The SMILES string of the molecule is Nc1ccc2c(c1)CC(c1ccc(C3=Nc4cc(N)ccc4C3)cc1)=N2. The van der Waals surface area contributed by atoms with Gasteiger partial charge in [-0.05, 0) is 52.6 Å². The molecule has 2 aliphatic heterocycles. The van der Waals surface area contributed by atoms with E-state index < -0.39 is 0 Å². The number of nitrogens with zero attached hydrogens (tertiary/aromatic N) is 2. The Balaban J connectivity index is 1.40. The van der Waals surface area contributed by atoms with Gasteiger partial charge in [-0.25, -0.2) is 0 Å². The zero-order valence-corrected chi connectivity index (χ0v) is 14.2. The van der Waals surface area contributed by atoms with E-state index in [1.807, 2.05) is 30.3 Å². The highest BCUT2D eigenvalue weighted by Gasteiger charge is 2.18. The highest BCUT2D eigenvalue weighted by atomic mass is 14.8. The van der Waals surface area contributed by atoms with E-state index in [9.17, 15) is 0 Å². The van der Waals surface area contributed by atoms with Crippen LogP contribution in [0.4, 0.5) is 22.7 Å². The molecule has 3 aromatic rings. The standard InChI is InChI=1S/C22H18N4/c23-17-7-8-19-16(9-17)11-21(25-19)14-3-1-13(2-4-14)20-10-15-5-6-18(24)12-22(15)26-20/h1-9,12H,10-11,23-24H2. The second kappa shape index (κ2) is 5.56. The van der Waals surface area contributed by atoms with Crippen LogP contribution in [-0.2, 0) is 12.8 Å². The molecular weight excluding hydrogens is 320 g/mol. The summed E-state index contributed by atoms with van der Waals surface area (Å²) in [5.41, 5.74) is 22.2. The molecule has 26 heavy (non-hydrogen) atoms. The van der Waals surface area contributed by atoms with Crippen LogP contribution in [0.2, 0.25) is 0 Å². The molecule has 0 aromatic heterocycles. The van der Waals surface area contributed by atoms with Gasteiger partial charge in [0.1, 0.15) is 0 Å². The summed E-state index contributed by atoms with van der Waals surface area (Å²) < 4.78 is 0. The van der Waals surface area contributed by atoms with Crippen molar-refractivity contribution in [2.45, 2.75) is 12.8 Å². The van der Waals surface area contributed by atoms with E-state index >= 15 is 0 Å². The summed E-state index contributed by atoms with van der Waals surface area (Å²) in [7, 11) is 0. The number of nitrogen functional groups attached to an aromatic ring is 2. The normalized spacial score (nSPS) is 14.6. The van der Waals surface area contributed by atoms with Crippen molar-refractivity contribution < 1.29 is 0 Å². The first-order chi connectivity index (χ1) is 12.7. The molecule has 0 fully saturated rings. The highest BCUT2D eigenvalue weighted by molar-refractivity contribution is 6.09. The van der Waals surface area contributed by atoms with Gasteiger partial charge in [0.2, 0.25) is 0 Å². The fourth-order valence-corrected chi connectivity index (χ4v) is 3.61. The average Bonchev–Trinajstić information content (AvgIpc) is 3.25. The molecule has 0 saturated heterocycles. The molecule has 0 saturated carbocycles. The number of nitrogens with two attached hydrogens (primary N) is 2. The molecule has 3 aromatic carbocycles. The largest absolute Gasteiger partial charge is 0.399 e. The molecule has 126 valence electrons. The van der Waals surface area contributed by atoms with Gasteiger partial charge in [-0.3, -0.25) is 9.98 Å². The number of hydrogen-bond donors (Lipinski definition) is 2. The third kappa shape index (κ3) is 2.47. The number of fused-ring (bicyclic) bond motifs is 2. The number of anilines is 2. The van der Waals surface area contributed by atoms with Crippen molar-refractivity contribution in [2.24, 2.45) is 9.98 Å². The van der Waals surface area contributed by atoms with Crippen LogP contribution in [-0.4, -0.2) is 11.4 Å². The maximum atomic E-state index is 5.88. The van der Waals surface area contributed by atoms with Gasteiger partial charge in [-0.2, -0.15) is 0 Å². The van der Waals surface area contributed by atoms with Gasteiger partial charge in [0.15, 0.2) is 0 Å². The van der Waals surface area contributed by atoms with E-state index in [-0.39, 0.29) is 0 Å². The van der Waals surface area contributed by atoms with Crippen molar-refractivity contribution in [3.63, 3.8) is 0 Å². The Kier molecular flexibility index (Phi) is 3.19. The van der Waals surface area contributed by atoms with E-state index in [0.29, 0.717) is 0 Å². The smallest absolute Gasteiger partial charge is 0.0689 e. The summed E-state index contributed by atoms with van der Waals surface area (Å²) in [4.78, 5) is 9.49. The van der Waals surface area contributed by atoms with E-state index in [2.05, 4.69) is 30.3 Å². The van der Waals surface area contributed by atoms with Crippen LogP contribution in [0, 0.1) is 0 Å². The molecular formula is C22H18N4. The van der Waals surface area contributed by atoms with Crippen molar-refractivity contribution >= 4 is 34.2 Å². The van der Waals surface area contributed by atoms with Crippen molar-refractivity contribution in [3.8, 4) is 0 Å². The molecule has 4 heteroatoms. The average molecular weight is 338 g/mol. The first-order valence-electron chi connectivity index (χ1n) is 8.68. The van der Waals surface area contributed by atoms with Crippen LogP contribution >= 0.6 is 0 Å². The molecule has 0 bridgehead atoms. The minimum atomic E-state index is 0.753. The van der Waals surface area contributed by atoms with Gasteiger partial charge in [0.25, 0.3) is 0 Å². The zero-order chi connectivity index (χ0) is 17.7. The van der Waals surface area contributed by atoms with Crippen molar-refractivity contribution in [2.75, 3.05) is 11.5 Å². The quantitative estimate of drug-likeness (QED) is 0.687. The lowest BCUT2D eigenvalue weighted by molar-refractivity contribution is 1.38. The van der Waals surface area contributed by atoms with Gasteiger partial charge in [-0.15, -0.1) is 0 Å². The molecule has 5 rings (SSSR count). The summed E-state index contributed by atoms with van der Waals surface area (Å²) in [5, 5.41) is 0. The minimum absolute atomic E-state index is 0.753. The number of aliphatic imine (C=N–C) groups is 2. The van der Waals surface area contributed by atoms with Crippen molar-refractivity contribution in [3.05, 3.63) is 82.9 Å². The van der Waals surface area contributed by atoms with Crippen LogP contribution < -0.4 is 11.5 Å². The third-order valence-electron chi connectivity index (χ3n) is 4.99. The summed E-state index contributed by atoms with van der Waals surface area (Å²) >= 11 is 0. The second-order valence-corrected chi connectivity index (χ2v) is 6.82. The lowest BCUT2D eigenvalue weighted by atomic mass is 9.99. The molecule has 0 atom stereocenters. The van der Waals surface area contributed by atoms with Gasteiger partial charge in [-0.1, -0.05) is 30.3 Å². The molecule has 0 spiro atoms. The Morgan fingerprint density at radius 1 is 0.577 bits per heavy atom. The Morgan fingerprint density at radius 2 is 1.15 bits per heavy atom. The molecule has 0 amide bonds. The van der Waals surface area contributed by atoms with E-state index in [0.717, 1.165) is 58.1 Å². The van der Waals surface area contributed by atoms with E-state index in [4.69, 9.17) is 21.5 Å². The van der Waals surface area contributed by atoms with Gasteiger partial charge >= 0.3 is 0 Å². The lowest BCUT2D eigenvalue weighted by Crippen LogP contribution is -2.04. The van der Waals surface area contributed by atoms with E-state index in [1.54, 1.807) is 0 Å². The lowest BCUT2D eigenvalue weighted by Gasteiger charge is -2.04. The maximum absolute atomic E-state index is 5.88. The van der Waals surface area contributed by atoms with Crippen LogP contribution in [0.25, 0.3) is 0 Å². The maximum Gasteiger partial charge on any atom is 0.0689 e. The first-order valence-corrected chi connectivity index (χ1v) is 8.68. The zero-order valence-electron chi connectivity index (χ0n) is 14.2. The molecule has 2 aliphatic rings. The third-order valence-corrected chi connectivity index (χ3v) is 4.99. The van der Waals surface area contributed by atoms with Crippen LogP contribution in [0.15, 0.2) is 70.6 Å². The summed E-state index contributed by atoms with van der Waals surface area (Å²) in [6, 6.07) is 20.3. The fourth-order valence-electron chi connectivity index (χ4n) is 3.61. The molecule has 4 nitrogen and oxygen atoms in total. The Hall–Kier alpha value is -3.40. The Morgan fingerprint density at radius 3 is 1.88 bits per heavy atom. The molecule has 0 radical (unpaired) electrons. The molecule has 4 N–H and O–H groups in total. The van der Waals surface area contributed by atoms with Crippen molar-refractivity contribution in [1.29, 1.82) is 0 Å². The van der Waals surface area contributed by atoms with Crippen LogP contribution in [0.1, 0.15) is 22.3 Å². The minimum Gasteiger partial charge on any atom is -0.399 e. The van der Waals surface area contributed by atoms with Gasteiger partial charge in [0.05, 0.1) is 22.8 Å². The van der Waals surface area contributed by atoms with Crippen LogP contribution in [0.3, 0.4) is 0 Å². The monoisotopic (exact) mass is 338 g/mol. The highest BCUT2D eigenvalue weighted by Crippen LogP contribution is 2.32. The molecule has 2 heterocycles. The van der Waals surface area contributed by atoms with Gasteiger partial charge < -0.3 is 11.5 Å². The predicted molar refractivity (Wildman–Crippen MR) is 108 cm³/mol. The first kappa shape index (κ1) is 14.9. The summed E-state index contributed by atoms with van der Waals surface area (Å²) in [5.74, 6) is 0. The molecule has 0 unspecified atom stereocenters. The number of hydrogen-bond acceptors (Lipinski definition) is 4. The fraction of sp³-hybridized carbons (Fsp3) is 0.0909. The van der Waals surface area contributed by atoms with Crippen LogP contribution in [0.5, 0.6) is 0 Å². The molecule has 0 aliphatic carbocycles. The second-order valence-electron chi connectivity index (χ2n) is 6.82. The summed E-state index contributed by atoms with van der Waals surface area (Å²) in [6.45, 7) is 0. The number of rotatable bonds is 2. The summed E-state index contributed by atoms with van der Waals surface area (Å²) in [6.07, 6.45) is 1.67. The van der Waals surface area contributed by atoms with E-state index in [1.165, 1.54) is 11.1 Å². The predicted octanol–water partition coefficient (Wildman–Crippen LogP) is 4.20. The van der Waals surface area contributed by atoms with Crippen molar-refractivity contribution in [1.82, 2.24) is 0 Å². The topological polar surface area (TPSA) is 76.8 Å². The van der Waals surface area contributed by atoms with Gasteiger partial charge in [0, 0.05) is 24.2 Å².